The molecule has 1 amide bonds. The molecule has 5 nitrogen and oxygen atoms in total. The molecule has 0 spiro atoms. The molecule has 0 aliphatic carbocycles. The molecule has 0 aliphatic rings. The molecule has 2 N–H and O–H groups in total. The summed E-state index contributed by atoms with van der Waals surface area (Å²) in [6.07, 6.45) is 0. The zero-order valence-corrected chi connectivity index (χ0v) is 12.3. The number of ether oxygens (including phenoxy) is 2. The topological polar surface area (TPSA) is 64.8 Å². The average molecular weight is 286 g/mol. The molecule has 110 valence electrons. The summed E-state index contributed by atoms with van der Waals surface area (Å²) in [5.74, 6) is 0.935. The highest BCUT2D eigenvalue weighted by Gasteiger charge is 2.17. The molecule has 0 atom stereocenters. The van der Waals surface area contributed by atoms with Gasteiger partial charge in [-0.2, -0.15) is 0 Å². The lowest BCUT2D eigenvalue weighted by molar-refractivity contribution is 0.0992. The molecule has 21 heavy (non-hydrogen) atoms. The predicted molar refractivity (Wildman–Crippen MR) is 83.1 cm³/mol. The van der Waals surface area contributed by atoms with E-state index >= 15 is 0 Å². The summed E-state index contributed by atoms with van der Waals surface area (Å²) in [4.78, 5) is 14.1. The van der Waals surface area contributed by atoms with Crippen molar-refractivity contribution in [2.75, 3.05) is 31.9 Å². The summed E-state index contributed by atoms with van der Waals surface area (Å²) in [5, 5.41) is 0. The molecule has 2 aromatic rings. The van der Waals surface area contributed by atoms with Gasteiger partial charge in [-0.3, -0.25) is 4.79 Å². The van der Waals surface area contributed by atoms with Crippen LogP contribution in [0.25, 0.3) is 0 Å². The van der Waals surface area contributed by atoms with Gasteiger partial charge in [-0.1, -0.05) is 12.1 Å². The van der Waals surface area contributed by atoms with Crippen LogP contribution in [0, 0.1) is 0 Å². The number of rotatable bonds is 4. The van der Waals surface area contributed by atoms with Gasteiger partial charge in [-0.15, -0.1) is 0 Å². The van der Waals surface area contributed by atoms with Gasteiger partial charge >= 0.3 is 0 Å². The first-order valence-electron chi connectivity index (χ1n) is 6.42. The van der Waals surface area contributed by atoms with E-state index in [0.29, 0.717) is 28.4 Å². The summed E-state index contributed by atoms with van der Waals surface area (Å²) in [5.41, 5.74) is 7.58. The maximum atomic E-state index is 12.6. The summed E-state index contributed by atoms with van der Waals surface area (Å²) >= 11 is 0. The summed E-state index contributed by atoms with van der Waals surface area (Å²) < 4.78 is 10.4. The van der Waals surface area contributed by atoms with E-state index in [9.17, 15) is 4.79 Å². The molecule has 0 radical (unpaired) electrons. The van der Waals surface area contributed by atoms with Gasteiger partial charge in [0.05, 0.1) is 25.6 Å². The molecule has 0 aromatic heterocycles. The van der Waals surface area contributed by atoms with E-state index in [0.717, 1.165) is 0 Å². The minimum atomic E-state index is -0.190. The van der Waals surface area contributed by atoms with Crippen LogP contribution in [0.3, 0.4) is 0 Å². The van der Waals surface area contributed by atoms with E-state index in [1.54, 1.807) is 51.6 Å². The third kappa shape index (κ3) is 3.08. The zero-order chi connectivity index (χ0) is 15.4. The van der Waals surface area contributed by atoms with Crippen molar-refractivity contribution >= 4 is 17.3 Å². The highest BCUT2D eigenvalue weighted by Crippen LogP contribution is 2.26. The van der Waals surface area contributed by atoms with Crippen LogP contribution >= 0.6 is 0 Å². The molecule has 5 heteroatoms. The van der Waals surface area contributed by atoms with Crippen molar-refractivity contribution in [3.05, 3.63) is 48.0 Å². The van der Waals surface area contributed by atoms with E-state index in [-0.39, 0.29) is 5.91 Å². The molecule has 0 fully saturated rings. The van der Waals surface area contributed by atoms with Gasteiger partial charge in [-0.05, 0) is 24.3 Å². The van der Waals surface area contributed by atoms with Gasteiger partial charge in [-0.25, -0.2) is 0 Å². The smallest absolute Gasteiger partial charge is 0.258 e. The second-order valence-electron chi connectivity index (χ2n) is 4.52. The van der Waals surface area contributed by atoms with Crippen LogP contribution in [-0.4, -0.2) is 27.2 Å². The first kappa shape index (κ1) is 14.7. The fourth-order valence-corrected chi connectivity index (χ4v) is 2.03. The zero-order valence-electron chi connectivity index (χ0n) is 12.3. The minimum absolute atomic E-state index is 0.190. The molecule has 2 aromatic carbocycles. The number of nitrogens with zero attached hydrogens (tertiary/aromatic N) is 1. The summed E-state index contributed by atoms with van der Waals surface area (Å²) in [6, 6.07) is 12.3. The Balaban J connectivity index is 2.37. The van der Waals surface area contributed by atoms with Crippen molar-refractivity contribution in [1.29, 1.82) is 0 Å². The molecule has 0 saturated heterocycles. The quantitative estimate of drug-likeness (QED) is 0.877. The van der Waals surface area contributed by atoms with Crippen molar-refractivity contribution in [2.24, 2.45) is 0 Å². The number of carbonyl (C=O) groups excluding carboxylic acids is 1. The van der Waals surface area contributed by atoms with Crippen LogP contribution in [0.4, 0.5) is 11.4 Å². The first-order valence-corrected chi connectivity index (χ1v) is 6.42. The number of methoxy groups -OCH3 is 2. The van der Waals surface area contributed by atoms with Crippen molar-refractivity contribution in [2.45, 2.75) is 0 Å². The maximum absolute atomic E-state index is 12.6. The van der Waals surface area contributed by atoms with Gasteiger partial charge in [0.25, 0.3) is 5.91 Å². The largest absolute Gasteiger partial charge is 0.497 e. The Morgan fingerprint density at radius 2 is 1.62 bits per heavy atom. The lowest BCUT2D eigenvalue weighted by atomic mass is 10.1. The van der Waals surface area contributed by atoms with Crippen LogP contribution < -0.4 is 20.1 Å². The number of hydrogen-bond donors (Lipinski definition) is 1. The molecular weight excluding hydrogens is 268 g/mol. The number of benzene rings is 2. The van der Waals surface area contributed by atoms with Crippen LogP contribution in [-0.2, 0) is 0 Å². The van der Waals surface area contributed by atoms with E-state index < -0.39 is 0 Å². The lowest BCUT2D eigenvalue weighted by Crippen LogP contribution is -2.27. The van der Waals surface area contributed by atoms with Gasteiger partial charge in [0.1, 0.15) is 11.5 Å². The first-order chi connectivity index (χ1) is 10.1. The Morgan fingerprint density at radius 3 is 2.14 bits per heavy atom. The molecule has 0 unspecified atom stereocenters. The summed E-state index contributed by atoms with van der Waals surface area (Å²) in [7, 11) is 4.77. The third-order valence-corrected chi connectivity index (χ3v) is 3.20. The maximum Gasteiger partial charge on any atom is 0.258 e. The van der Waals surface area contributed by atoms with Crippen LogP contribution in [0.15, 0.2) is 42.5 Å². The Morgan fingerprint density at radius 1 is 1.05 bits per heavy atom. The number of nitrogen functional groups attached to an aromatic ring is 1. The number of nitrogens with two attached hydrogens (primary N) is 1. The molecule has 2 rings (SSSR count). The highest BCUT2D eigenvalue weighted by atomic mass is 16.5. The van der Waals surface area contributed by atoms with Crippen molar-refractivity contribution in [3.63, 3.8) is 0 Å². The molecule has 0 saturated carbocycles. The van der Waals surface area contributed by atoms with E-state index in [2.05, 4.69) is 0 Å². The number of anilines is 2. The monoisotopic (exact) mass is 286 g/mol. The molecule has 0 heterocycles. The third-order valence-electron chi connectivity index (χ3n) is 3.20. The number of hydrogen-bond acceptors (Lipinski definition) is 4. The van der Waals surface area contributed by atoms with Crippen molar-refractivity contribution in [1.82, 2.24) is 0 Å². The molecule has 0 aliphatic heterocycles. The Kier molecular flexibility index (Phi) is 4.33. The summed E-state index contributed by atoms with van der Waals surface area (Å²) in [6.45, 7) is 0. The number of carbonyl (C=O) groups is 1. The lowest BCUT2D eigenvalue weighted by Gasteiger charge is -2.19. The Labute approximate surface area is 123 Å². The highest BCUT2D eigenvalue weighted by molar-refractivity contribution is 6.07. The minimum Gasteiger partial charge on any atom is -0.497 e. The average Bonchev–Trinajstić information content (AvgIpc) is 2.53. The Bertz CT molecular complexity index is 633. The fraction of sp³-hybridized carbons (Fsp3) is 0.188. The molecular formula is C16H18N2O3. The SMILES string of the molecule is COc1cc(OC)cc(C(=O)N(C)c2ccccc2N)c1. The predicted octanol–water partition coefficient (Wildman–Crippen LogP) is 2.56. The number of amides is 1. The van der Waals surface area contributed by atoms with E-state index in [1.165, 1.54) is 4.90 Å². The van der Waals surface area contributed by atoms with Crippen LogP contribution in [0.2, 0.25) is 0 Å². The normalized spacial score (nSPS) is 10.0. The van der Waals surface area contributed by atoms with Gasteiger partial charge in [0, 0.05) is 18.7 Å². The van der Waals surface area contributed by atoms with E-state index in [4.69, 9.17) is 15.2 Å². The van der Waals surface area contributed by atoms with E-state index in [1.807, 2.05) is 12.1 Å². The molecule has 0 bridgehead atoms. The standard InChI is InChI=1S/C16H18N2O3/c1-18(15-7-5-4-6-14(15)17)16(19)11-8-12(20-2)10-13(9-11)21-3/h4-10H,17H2,1-3H3. The number of para-hydroxylation sites is 2. The van der Waals surface area contributed by atoms with Crippen LogP contribution in [0.5, 0.6) is 11.5 Å². The van der Waals surface area contributed by atoms with Crippen LogP contribution in [0.1, 0.15) is 10.4 Å². The van der Waals surface area contributed by atoms with Crippen molar-refractivity contribution in [3.8, 4) is 11.5 Å². The second-order valence-corrected chi connectivity index (χ2v) is 4.52. The second kappa shape index (κ2) is 6.17. The van der Waals surface area contributed by atoms with Gasteiger partial charge < -0.3 is 20.1 Å². The Hall–Kier alpha value is -2.69. The van der Waals surface area contributed by atoms with Crippen molar-refractivity contribution < 1.29 is 14.3 Å². The van der Waals surface area contributed by atoms with Gasteiger partial charge in [0.2, 0.25) is 0 Å². The fourth-order valence-electron chi connectivity index (χ4n) is 2.03. The van der Waals surface area contributed by atoms with Gasteiger partial charge in [0.15, 0.2) is 0 Å².